The molecule has 0 aromatic heterocycles. The zero-order valence-electron chi connectivity index (χ0n) is 18.0. The Labute approximate surface area is 202 Å². The number of para-hydroxylation sites is 1. The van der Waals surface area contributed by atoms with Crippen molar-refractivity contribution in [3.05, 3.63) is 59.2 Å². The van der Waals surface area contributed by atoms with E-state index in [1.54, 1.807) is 0 Å². The largest absolute Gasteiger partial charge is 0.492 e. The molecule has 31 heavy (non-hydrogen) atoms. The first kappa shape index (κ1) is 23.8. The van der Waals surface area contributed by atoms with Crippen molar-refractivity contribution in [2.24, 2.45) is 10.7 Å². The summed E-state index contributed by atoms with van der Waals surface area (Å²) >= 11 is 0. The molecule has 168 valence electrons. The van der Waals surface area contributed by atoms with E-state index in [1.165, 1.54) is 24.0 Å². The van der Waals surface area contributed by atoms with Crippen molar-refractivity contribution in [1.29, 1.82) is 0 Å². The second-order valence-corrected chi connectivity index (χ2v) is 7.89. The number of hydrogen-bond donors (Lipinski definition) is 2. The summed E-state index contributed by atoms with van der Waals surface area (Å²) in [6.07, 6.45) is 4.75. The molecular weight excluding hydrogens is 503 g/mol. The molecule has 0 unspecified atom stereocenters. The Kier molecular flexibility index (Phi) is 9.42. The van der Waals surface area contributed by atoms with Crippen LogP contribution in [0.1, 0.15) is 29.5 Å². The standard InChI is InChI=1S/C24H32N4O2.HI/c25-24(27-22-10-5-8-19-6-1-3-9-21(19)22)26-18-20-7-2-4-11-23(20)30-17-14-28-12-15-29-16-13-28;/h2,4-5,7-8,10-11H,1,3,6,9,12-18H2,(H3,25,26,27);1H. The van der Waals surface area contributed by atoms with E-state index < -0.39 is 0 Å². The number of benzene rings is 2. The average molecular weight is 536 g/mol. The minimum absolute atomic E-state index is 0. The lowest BCUT2D eigenvalue weighted by molar-refractivity contribution is 0.0322. The monoisotopic (exact) mass is 536 g/mol. The van der Waals surface area contributed by atoms with Gasteiger partial charge in [-0.15, -0.1) is 24.0 Å². The van der Waals surface area contributed by atoms with Gasteiger partial charge < -0.3 is 20.5 Å². The molecule has 0 atom stereocenters. The number of rotatable bonds is 7. The molecule has 0 spiro atoms. The minimum atomic E-state index is 0. The summed E-state index contributed by atoms with van der Waals surface area (Å²) in [5, 5.41) is 3.31. The van der Waals surface area contributed by atoms with Crippen LogP contribution in [-0.2, 0) is 24.1 Å². The number of guanidine groups is 1. The molecule has 1 heterocycles. The molecule has 6 nitrogen and oxygen atoms in total. The van der Waals surface area contributed by atoms with Crippen LogP contribution in [0.2, 0.25) is 0 Å². The molecule has 1 aliphatic carbocycles. The van der Waals surface area contributed by atoms with E-state index in [9.17, 15) is 0 Å². The Hall–Kier alpha value is -1.84. The summed E-state index contributed by atoms with van der Waals surface area (Å²) < 4.78 is 11.4. The van der Waals surface area contributed by atoms with Crippen LogP contribution >= 0.6 is 24.0 Å². The maximum atomic E-state index is 6.21. The molecule has 2 aromatic rings. The maximum absolute atomic E-state index is 6.21. The fraction of sp³-hybridized carbons (Fsp3) is 0.458. The van der Waals surface area contributed by atoms with E-state index in [0.29, 0.717) is 19.1 Å². The topological polar surface area (TPSA) is 72.1 Å². The van der Waals surface area contributed by atoms with Gasteiger partial charge >= 0.3 is 0 Å². The highest BCUT2D eigenvalue weighted by molar-refractivity contribution is 14.0. The van der Waals surface area contributed by atoms with Crippen LogP contribution in [0.15, 0.2) is 47.5 Å². The molecule has 3 N–H and O–H groups in total. The second-order valence-electron chi connectivity index (χ2n) is 7.89. The number of anilines is 1. The lowest BCUT2D eigenvalue weighted by Gasteiger charge is -2.26. The van der Waals surface area contributed by atoms with Crippen molar-refractivity contribution < 1.29 is 9.47 Å². The van der Waals surface area contributed by atoms with Gasteiger partial charge in [0.25, 0.3) is 0 Å². The predicted molar refractivity (Wildman–Crippen MR) is 137 cm³/mol. The number of morpholine rings is 1. The van der Waals surface area contributed by atoms with Gasteiger partial charge in [-0.2, -0.15) is 0 Å². The highest BCUT2D eigenvalue weighted by Crippen LogP contribution is 2.27. The summed E-state index contributed by atoms with van der Waals surface area (Å²) in [5.41, 5.74) is 11.2. The normalized spacial score (nSPS) is 16.8. The SMILES string of the molecule is I.NC(=NCc1ccccc1OCCN1CCOCC1)Nc1cccc2c1CCCC2. The Morgan fingerprint density at radius 2 is 1.87 bits per heavy atom. The van der Waals surface area contributed by atoms with Gasteiger partial charge in [0.1, 0.15) is 12.4 Å². The van der Waals surface area contributed by atoms with Gasteiger partial charge in [-0.1, -0.05) is 30.3 Å². The molecular formula is C24H33IN4O2. The lowest BCUT2D eigenvalue weighted by atomic mass is 9.90. The minimum Gasteiger partial charge on any atom is -0.492 e. The number of nitrogens with two attached hydrogens (primary N) is 1. The molecule has 7 heteroatoms. The third kappa shape index (κ3) is 6.82. The van der Waals surface area contributed by atoms with Crippen molar-refractivity contribution >= 4 is 35.6 Å². The van der Waals surface area contributed by atoms with Crippen LogP contribution in [0.5, 0.6) is 5.75 Å². The number of aliphatic imine (C=N–C) groups is 1. The molecule has 1 aliphatic heterocycles. The Morgan fingerprint density at radius 1 is 1.06 bits per heavy atom. The smallest absolute Gasteiger partial charge is 0.193 e. The first-order valence-corrected chi connectivity index (χ1v) is 11.0. The number of nitrogens with zero attached hydrogens (tertiary/aromatic N) is 2. The number of halogens is 1. The third-order valence-electron chi connectivity index (χ3n) is 5.82. The molecule has 2 aromatic carbocycles. The van der Waals surface area contributed by atoms with Crippen molar-refractivity contribution in [3.63, 3.8) is 0 Å². The fourth-order valence-electron chi connectivity index (χ4n) is 4.13. The molecule has 0 bridgehead atoms. The Morgan fingerprint density at radius 3 is 2.74 bits per heavy atom. The van der Waals surface area contributed by atoms with E-state index in [2.05, 4.69) is 33.4 Å². The molecule has 4 rings (SSSR count). The average Bonchev–Trinajstić information content (AvgIpc) is 2.79. The summed E-state index contributed by atoms with van der Waals surface area (Å²) in [7, 11) is 0. The second kappa shape index (κ2) is 12.3. The quantitative estimate of drug-likeness (QED) is 0.320. The summed E-state index contributed by atoms with van der Waals surface area (Å²) in [6, 6.07) is 14.5. The first-order chi connectivity index (χ1) is 14.8. The number of aryl methyl sites for hydroxylation is 1. The van der Waals surface area contributed by atoms with Crippen LogP contribution in [0.3, 0.4) is 0 Å². The predicted octanol–water partition coefficient (Wildman–Crippen LogP) is 3.82. The summed E-state index contributed by atoms with van der Waals surface area (Å²) in [6.45, 7) is 5.61. The number of hydrogen-bond acceptors (Lipinski definition) is 4. The Bertz CT molecular complexity index is 868. The number of nitrogens with one attached hydrogen (secondary N) is 1. The van der Waals surface area contributed by atoms with Gasteiger partial charge in [-0.05, 0) is 48.9 Å². The lowest BCUT2D eigenvalue weighted by Crippen LogP contribution is -2.38. The molecule has 0 saturated carbocycles. The first-order valence-electron chi connectivity index (χ1n) is 11.0. The van der Waals surface area contributed by atoms with E-state index >= 15 is 0 Å². The molecule has 1 saturated heterocycles. The van der Waals surface area contributed by atoms with Crippen LogP contribution in [0.25, 0.3) is 0 Å². The molecule has 1 fully saturated rings. The number of ether oxygens (including phenoxy) is 2. The van der Waals surface area contributed by atoms with E-state index in [-0.39, 0.29) is 24.0 Å². The van der Waals surface area contributed by atoms with Gasteiger partial charge in [-0.25, -0.2) is 4.99 Å². The van der Waals surface area contributed by atoms with Crippen molar-refractivity contribution in [2.45, 2.75) is 32.2 Å². The van der Waals surface area contributed by atoms with Crippen LogP contribution < -0.4 is 15.8 Å². The maximum Gasteiger partial charge on any atom is 0.193 e. The number of fused-ring (bicyclic) bond motifs is 1. The fourth-order valence-corrected chi connectivity index (χ4v) is 4.13. The molecule has 0 radical (unpaired) electrons. The summed E-state index contributed by atoms with van der Waals surface area (Å²) in [4.78, 5) is 6.94. The van der Waals surface area contributed by atoms with Gasteiger partial charge in [-0.3, -0.25) is 4.90 Å². The van der Waals surface area contributed by atoms with Gasteiger partial charge in [0.05, 0.1) is 19.8 Å². The van der Waals surface area contributed by atoms with Crippen molar-refractivity contribution in [3.8, 4) is 5.75 Å². The van der Waals surface area contributed by atoms with Gasteiger partial charge in [0.2, 0.25) is 0 Å². The van der Waals surface area contributed by atoms with Crippen molar-refractivity contribution in [2.75, 3.05) is 44.8 Å². The molecule has 2 aliphatic rings. The third-order valence-corrected chi connectivity index (χ3v) is 5.82. The van der Waals surface area contributed by atoms with Crippen LogP contribution in [0.4, 0.5) is 5.69 Å². The van der Waals surface area contributed by atoms with Gasteiger partial charge in [0, 0.05) is 30.9 Å². The highest BCUT2D eigenvalue weighted by atomic mass is 127. The van der Waals surface area contributed by atoms with E-state index in [4.69, 9.17) is 15.2 Å². The van der Waals surface area contributed by atoms with Crippen LogP contribution in [-0.4, -0.2) is 50.3 Å². The highest BCUT2D eigenvalue weighted by Gasteiger charge is 2.13. The Balaban J connectivity index is 0.00000272. The zero-order valence-corrected chi connectivity index (χ0v) is 20.3. The summed E-state index contributed by atoms with van der Waals surface area (Å²) in [5.74, 6) is 1.32. The van der Waals surface area contributed by atoms with Gasteiger partial charge in [0.15, 0.2) is 5.96 Å². The molecule has 0 amide bonds. The van der Waals surface area contributed by atoms with Crippen molar-refractivity contribution in [1.82, 2.24) is 4.90 Å². The zero-order chi connectivity index (χ0) is 20.6. The van der Waals surface area contributed by atoms with E-state index in [0.717, 1.165) is 62.7 Å². The van der Waals surface area contributed by atoms with E-state index in [1.807, 2.05) is 24.3 Å². The van der Waals surface area contributed by atoms with Crippen LogP contribution in [0, 0.1) is 0 Å².